The van der Waals surface area contributed by atoms with Gasteiger partial charge in [0.25, 0.3) is 5.56 Å². The Morgan fingerprint density at radius 1 is 1.23 bits per heavy atom. The van der Waals surface area contributed by atoms with Crippen LogP contribution in [0.3, 0.4) is 0 Å². The second kappa shape index (κ2) is 22.9. The first-order valence-corrected chi connectivity index (χ1v) is 16.7. The van der Waals surface area contributed by atoms with Crippen molar-refractivity contribution in [1.29, 1.82) is 0 Å². The molecule has 44 heavy (non-hydrogen) atoms. The van der Waals surface area contributed by atoms with Crippen LogP contribution in [0, 0.1) is 11.3 Å². The number of hydrogen-bond acceptors (Lipinski definition) is 7. The summed E-state index contributed by atoms with van der Waals surface area (Å²) in [5.74, 6) is -0.443. The first-order valence-electron chi connectivity index (χ1n) is 15.2. The number of unbranched alkanes of at least 4 members (excludes halogenated alkanes) is 3. The third-order valence-corrected chi connectivity index (χ3v) is 8.40. The number of rotatable bonds is 13. The van der Waals surface area contributed by atoms with Crippen LogP contribution in [0.25, 0.3) is 0 Å². The minimum atomic E-state index is -0.593. The fourth-order valence-corrected chi connectivity index (χ4v) is 4.63. The van der Waals surface area contributed by atoms with Crippen molar-refractivity contribution >= 4 is 56.1 Å². The van der Waals surface area contributed by atoms with Crippen LogP contribution in [-0.4, -0.2) is 71.1 Å². The van der Waals surface area contributed by atoms with E-state index in [2.05, 4.69) is 72.6 Å². The van der Waals surface area contributed by atoms with Crippen LogP contribution in [0.15, 0.2) is 32.1 Å². The summed E-state index contributed by atoms with van der Waals surface area (Å²) in [6.07, 6.45) is 13.3. The van der Waals surface area contributed by atoms with E-state index in [0.717, 1.165) is 32.2 Å². The molecule has 250 valence electrons. The van der Waals surface area contributed by atoms with Gasteiger partial charge in [-0.05, 0) is 76.8 Å². The number of hydrogen-bond donors (Lipinski definition) is 3. The molecule has 1 aliphatic rings. The van der Waals surface area contributed by atoms with Gasteiger partial charge in [-0.1, -0.05) is 59.6 Å². The zero-order valence-corrected chi connectivity index (χ0v) is 30.4. The van der Waals surface area contributed by atoms with Crippen LogP contribution in [0.2, 0.25) is 0 Å². The first kappa shape index (κ1) is 41.5. The summed E-state index contributed by atoms with van der Waals surface area (Å²) in [7, 11) is 0. The lowest BCUT2D eigenvalue weighted by Crippen LogP contribution is -2.42. The summed E-state index contributed by atoms with van der Waals surface area (Å²) in [5, 5.41) is 11.0. The molecule has 3 amide bonds. The Bertz CT molecular complexity index is 1110. The van der Waals surface area contributed by atoms with Gasteiger partial charge in [0.15, 0.2) is 0 Å². The van der Waals surface area contributed by atoms with E-state index in [-0.39, 0.29) is 41.2 Å². The molecule has 13 heteroatoms. The number of esters is 1. The van der Waals surface area contributed by atoms with E-state index in [1.807, 2.05) is 38.7 Å². The molecule has 0 aliphatic carbocycles. The lowest BCUT2D eigenvalue weighted by Gasteiger charge is -2.22. The van der Waals surface area contributed by atoms with E-state index in [1.165, 1.54) is 19.0 Å². The first-order chi connectivity index (χ1) is 20.7. The van der Waals surface area contributed by atoms with Gasteiger partial charge < -0.3 is 20.3 Å². The van der Waals surface area contributed by atoms with Gasteiger partial charge in [-0.15, -0.1) is 0 Å². The third kappa shape index (κ3) is 18.3. The maximum atomic E-state index is 11.8. The molecule has 1 aromatic rings. The number of aromatic nitrogens is 2. The number of H-pyrrole nitrogens is 1. The Kier molecular flexibility index (Phi) is 21.6. The van der Waals surface area contributed by atoms with Crippen molar-refractivity contribution in [1.82, 2.24) is 25.7 Å². The zero-order valence-electron chi connectivity index (χ0n) is 27.2. The molecule has 1 fully saturated rings. The van der Waals surface area contributed by atoms with Crippen molar-refractivity contribution < 1.29 is 23.9 Å². The standard InChI is InChI=1S/C14H25NO3.C13H24N2O2.C4H2Br2N2O/c1-4-6-7-8-9-10-12(3)13(15-11-16)14(17)18-5-2;1-10-6-5-7-15(10)12(17)9-14-11(16)8-13(2,3)4;5-2-1-7-8-4(9)3(2)6/h9-13H,4-8H2,1-3H3,(H,15,16);10H,5-9H2,1-4H3,(H,14,16);1H,(H,8,9)/b10-9-;;. The SMILES string of the molecule is CC1CCCN1C(=O)CNC(=O)CC(C)(C)C.CCCCC/C=C\C(C)C(NC=O)C(=O)OCC.O=c1[nH]ncc(Br)c1Br. The molecule has 2 rings (SSSR count). The molecule has 3 N–H and O–H groups in total. The van der Waals surface area contributed by atoms with Gasteiger partial charge in [-0.3, -0.25) is 19.2 Å². The minimum Gasteiger partial charge on any atom is -0.464 e. The second-order valence-corrected chi connectivity index (χ2v) is 13.4. The topological polar surface area (TPSA) is 151 Å². The van der Waals surface area contributed by atoms with Crippen LogP contribution < -0.4 is 16.2 Å². The van der Waals surface area contributed by atoms with Crippen LogP contribution in [0.1, 0.15) is 93.4 Å². The summed E-state index contributed by atoms with van der Waals surface area (Å²) < 4.78 is 6.06. The number of carbonyl (C=O) groups is 4. The fraction of sp³-hybridized carbons (Fsp3) is 0.677. The molecule has 0 spiro atoms. The van der Waals surface area contributed by atoms with E-state index in [9.17, 15) is 24.0 Å². The van der Waals surface area contributed by atoms with Crippen molar-refractivity contribution in [2.24, 2.45) is 11.3 Å². The highest BCUT2D eigenvalue weighted by molar-refractivity contribution is 9.13. The largest absolute Gasteiger partial charge is 0.464 e. The van der Waals surface area contributed by atoms with Crippen molar-refractivity contribution in [3.05, 3.63) is 37.6 Å². The van der Waals surface area contributed by atoms with Gasteiger partial charge in [0.1, 0.15) is 6.04 Å². The number of halogens is 2. The molecule has 11 nitrogen and oxygen atoms in total. The van der Waals surface area contributed by atoms with Gasteiger partial charge in [-0.25, -0.2) is 9.89 Å². The van der Waals surface area contributed by atoms with Crippen molar-refractivity contribution in [3.63, 3.8) is 0 Å². The number of amides is 3. The molecular weight excluding hydrogens is 698 g/mol. The summed E-state index contributed by atoms with van der Waals surface area (Å²) in [6, 6.07) is -0.271. The number of nitrogens with one attached hydrogen (secondary N) is 3. The highest BCUT2D eigenvalue weighted by Gasteiger charge is 2.26. The van der Waals surface area contributed by atoms with Gasteiger partial charge >= 0.3 is 5.97 Å². The van der Waals surface area contributed by atoms with Gasteiger partial charge in [0.2, 0.25) is 18.2 Å². The second-order valence-electron chi connectivity index (χ2n) is 11.8. The lowest BCUT2D eigenvalue weighted by atomic mass is 9.92. The molecule has 0 aromatic carbocycles. The van der Waals surface area contributed by atoms with E-state index >= 15 is 0 Å². The molecule has 3 unspecified atom stereocenters. The van der Waals surface area contributed by atoms with Gasteiger partial charge in [-0.2, -0.15) is 5.10 Å². The average molecular weight is 750 g/mol. The Hall–Kier alpha value is -2.54. The summed E-state index contributed by atoms with van der Waals surface area (Å²) in [4.78, 5) is 58.1. The molecule has 1 aliphatic heterocycles. The lowest BCUT2D eigenvalue weighted by molar-refractivity contribution is -0.147. The van der Waals surface area contributed by atoms with Crippen LogP contribution in [0.5, 0.6) is 0 Å². The Labute approximate surface area is 279 Å². The third-order valence-electron chi connectivity index (χ3n) is 6.48. The molecule has 1 aromatic heterocycles. The zero-order chi connectivity index (χ0) is 33.7. The molecule has 0 radical (unpaired) electrons. The maximum absolute atomic E-state index is 11.8. The number of aromatic amines is 1. The van der Waals surface area contributed by atoms with E-state index in [0.29, 0.717) is 34.4 Å². The smallest absolute Gasteiger partial charge is 0.329 e. The average Bonchev–Trinajstić information content (AvgIpc) is 3.38. The normalized spacial score (nSPS) is 15.7. The Morgan fingerprint density at radius 2 is 1.91 bits per heavy atom. The molecule has 1 saturated heterocycles. The summed E-state index contributed by atoms with van der Waals surface area (Å²) >= 11 is 6.17. The predicted octanol–water partition coefficient (Wildman–Crippen LogP) is 5.28. The van der Waals surface area contributed by atoms with Crippen molar-refractivity contribution in [2.75, 3.05) is 19.7 Å². The highest BCUT2D eigenvalue weighted by atomic mass is 79.9. The van der Waals surface area contributed by atoms with Gasteiger partial charge in [0.05, 0.1) is 28.3 Å². The van der Waals surface area contributed by atoms with Gasteiger partial charge in [0, 0.05) is 24.9 Å². The number of nitrogens with zero attached hydrogens (tertiary/aromatic N) is 2. The highest BCUT2D eigenvalue weighted by Crippen LogP contribution is 2.18. The summed E-state index contributed by atoms with van der Waals surface area (Å²) in [5.41, 5.74) is -0.266. The quantitative estimate of drug-likeness (QED) is 0.108. The monoisotopic (exact) mass is 747 g/mol. The van der Waals surface area contributed by atoms with E-state index < -0.39 is 6.04 Å². The van der Waals surface area contributed by atoms with Crippen LogP contribution in [-0.2, 0) is 23.9 Å². The number of carbonyl (C=O) groups excluding carboxylic acids is 4. The van der Waals surface area contributed by atoms with Crippen molar-refractivity contribution in [3.8, 4) is 0 Å². The number of likely N-dealkylation sites (tertiary alicyclic amines) is 1. The number of ether oxygens (including phenoxy) is 1. The molecule has 3 atom stereocenters. The van der Waals surface area contributed by atoms with E-state index in [1.54, 1.807) is 6.92 Å². The maximum Gasteiger partial charge on any atom is 0.329 e. The Balaban J connectivity index is 0.000000662. The molecular formula is C31H51Br2N5O6. The predicted molar refractivity (Wildman–Crippen MR) is 180 cm³/mol. The van der Waals surface area contributed by atoms with Crippen molar-refractivity contribution in [2.45, 2.75) is 105 Å². The number of allylic oxidation sites excluding steroid dienone is 1. The fourth-order valence-electron chi connectivity index (χ4n) is 4.16. The Morgan fingerprint density at radius 3 is 2.41 bits per heavy atom. The molecule has 0 saturated carbocycles. The van der Waals surface area contributed by atoms with Crippen LogP contribution >= 0.6 is 31.9 Å². The minimum absolute atomic E-state index is 0.0337. The molecule has 0 bridgehead atoms. The van der Waals surface area contributed by atoms with Crippen LogP contribution in [0.4, 0.5) is 0 Å². The summed E-state index contributed by atoms with van der Waals surface area (Å²) in [6.45, 7) is 15.2. The molecule has 2 heterocycles. The van der Waals surface area contributed by atoms with E-state index in [4.69, 9.17) is 4.74 Å².